The van der Waals surface area contributed by atoms with E-state index in [2.05, 4.69) is 20.6 Å². The van der Waals surface area contributed by atoms with E-state index in [4.69, 9.17) is 16.3 Å². The Hall–Kier alpha value is -3.19. The van der Waals surface area contributed by atoms with Crippen molar-refractivity contribution in [1.29, 1.82) is 0 Å². The van der Waals surface area contributed by atoms with E-state index in [1.165, 1.54) is 24.3 Å². The average Bonchev–Trinajstić information content (AvgIpc) is 2.64. The quantitative estimate of drug-likeness (QED) is 0.671. The highest BCUT2D eigenvalue weighted by Gasteiger charge is 2.13. The van der Waals surface area contributed by atoms with Gasteiger partial charge in [0.2, 0.25) is 0 Å². The summed E-state index contributed by atoms with van der Waals surface area (Å²) in [7, 11) is 1.57. The minimum atomic E-state index is -0.559. The summed E-state index contributed by atoms with van der Waals surface area (Å²) in [6.07, 6.45) is 0. The van der Waals surface area contributed by atoms with Crippen LogP contribution in [0.2, 0.25) is 5.02 Å². The lowest BCUT2D eigenvalue weighted by Crippen LogP contribution is -2.15. The monoisotopic (exact) mass is 386 g/mol. The van der Waals surface area contributed by atoms with Crippen molar-refractivity contribution in [2.75, 3.05) is 17.7 Å². The minimum absolute atomic E-state index is 0.0785. The van der Waals surface area contributed by atoms with Gasteiger partial charge in [-0.2, -0.15) is 0 Å². The summed E-state index contributed by atoms with van der Waals surface area (Å²) in [5.41, 5.74) is 1.22. The lowest BCUT2D eigenvalue weighted by atomic mass is 10.2. The number of ether oxygens (including phenoxy) is 1. The van der Waals surface area contributed by atoms with E-state index in [-0.39, 0.29) is 10.7 Å². The van der Waals surface area contributed by atoms with Crippen molar-refractivity contribution in [2.24, 2.45) is 0 Å². The highest BCUT2D eigenvalue weighted by molar-refractivity contribution is 6.31. The Balaban J connectivity index is 1.84. The lowest BCUT2D eigenvalue weighted by molar-refractivity contribution is 0.102. The molecule has 8 heteroatoms. The fraction of sp³-hybridized carbons (Fsp3) is 0.105. The number of amides is 1. The maximum Gasteiger partial charge on any atom is 0.274 e. The lowest BCUT2D eigenvalue weighted by Gasteiger charge is -2.12. The van der Waals surface area contributed by atoms with E-state index in [1.807, 2.05) is 24.3 Å². The number of carbonyl (C=O) groups excluding carboxylic acids is 1. The first-order valence-electron chi connectivity index (χ1n) is 7.98. The SMILES string of the molecule is COc1ccccc1Nc1cc(C(=O)Nc2ccc(F)c(Cl)c2)nc(C)n1. The molecular weight excluding hydrogens is 371 g/mol. The number of aryl methyl sites for hydroxylation is 1. The second-order valence-electron chi connectivity index (χ2n) is 5.59. The Kier molecular flexibility index (Phi) is 5.52. The number of nitrogens with one attached hydrogen (secondary N) is 2. The molecule has 6 nitrogen and oxygen atoms in total. The Morgan fingerprint density at radius 3 is 2.67 bits per heavy atom. The molecule has 3 rings (SSSR count). The molecule has 0 spiro atoms. The van der Waals surface area contributed by atoms with Crippen LogP contribution in [0.5, 0.6) is 5.75 Å². The largest absolute Gasteiger partial charge is 0.495 e. The van der Waals surface area contributed by atoms with Crippen LogP contribution in [0.3, 0.4) is 0 Å². The Morgan fingerprint density at radius 2 is 1.93 bits per heavy atom. The molecule has 2 N–H and O–H groups in total. The van der Waals surface area contributed by atoms with Crippen LogP contribution in [0.25, 0.3) is 0 Å². The number of hydrogen-bond acceptors (Lipinski definition) is 5. The van der Waals surface area contributed by atoms with Crippen molar-refractivity contribution in [3.05, 3.63) is 70.9 Å². The zero-order chi connectivity index (χ0) is 19.4. The maximum atomic E-state index is 13.3. The van der Waals surface area contributed by atoms with Crippen molar-refractivity contribution in [1.82, 2.24) is 9.97 Å². The van der Waals surface area contributed by atoms with Crippen molar-refractivity contribution in [3.8, 4) is 5.75 Å². The molecule has 0 atom stereocenters. The first-order valence-corrected chi connectivity index (χ1v) is 8.36. The van der Waals surface area contributed by atoms with Crippen molar-refractivity contribution >= 4 is 34.7 Å². The summed E-state index contributed by atoms with van der Waals surface area (Å²) in [4.78, 5) is 20.9. The molecule has 0 aliphatic rings. The number of aromatic nitrogens is 2. The van der Waals surface area contributed by atoms with Gasteiger partial charge in [0, 0.05) is 11.8 Å². The fourth-order valence-electron chi connectivity index (χ4n) is 2.40. The number of halogens is 2. The van der Waals surface area contributed by atoms with Gasteiger partial charge in [0.15, 0.2) is 0 Å². The van der Waals surface area contributed by atoms with Crippen LogP contribution < -0.4 is 15.4 Å². The molecule has 0 saturated carbocycles. The van der Waals surface area contributed by atoms with Gasteiger partial charge >= 0.3 is 0 Å². The van der Waals surface area contributed by atoms with Crippen LogP contribution >= 0.6 is 11.6 Å². The third kappa shape index (κ3) is 4.51. The average molecular weight is 387 g/mol. The molecule has 1 aromatic heterocycles. The van der Waals surface area contributed by atoms with E-state index < -0.39 is 11.7 Å². The standard InChI is InChI=1S/C19H16ClFN4O2/c1-11-22-16(19(26)24-12-7-8-14(21)13(20)9-12)10-18(23-11)25-15-5-3-4-6-17(15)27-2/h3-10H,1-2H3,(H,24,26)(H,22,23,25). The topological polar surface area (TPSA) is 76.1 Å². The minimum Gasteiger partial charge on any atom is -0.495 e. The molecular formula is C19H16ClFN4O2. The predicted molar refractivity (Wildman–Crippen MR) is 102 cm³/mol. The number of hydrogen-bond donors (Lipinski definition) is 2. The van der Waals surface area contributed by atoms with Gasteiger partial charge in [0.1, 0.15) is 28.9 Å². The number of para-hydroxylation sites is 2. The number of rotatable bonds is 5. The molecule has 1 heterocycles. The molecule has 2 aromatic carbocycles. The van der Waals surface area contributed by atoms with Gasteiger partial charge in [-0.25, -0.2) is 14.4 Å². The van der Waals surface area contributed by atoms with Crippen LogP contribution in [0, 0.1) is 12.7 Å². The molecule has 0 saturated heterocycles. The molecule has 0 aliphatic carbocycles. The van der Waals surface area contributed by atoms with Crippen LogP contribution in [-0.4, -0.2) is 23.0 Å². The van der Waals surface area contributed by atoms with E-state index >= 15 is 0 Å². The van der Waals surface area contributed by atoms with Gasteiger partial charge in [0.25, 0.3) is 5.91 Å². The van der Waals surface area contributed by atoms with Gasteiger partial charge in [-0.3, -0.25) is 4.79 Å². The molecule has 0 unspecified atom stereocenters. The summed E-state index contributed by atoms with van der Waals surface area (Å²) in [5.74, 6) is 0.467. The zero-order valence-corrected chi connectivity index (χ0v) is 15.3. The van der Waals surface area contributed by atoms with Crippen LogP contribution in [0.1, 0.15) is 16.3 Å². The van der Waals surface area contributed by atoms with Gasteiger partial charge < -0.3 is 15.4 Å². The molecule has 27 heavy (non-hydrogen) atoms. The highest BCUT2D eigenvalue weighted by Crippen LogP contribution is 2.26. The number of nitrogens with zero attached hydrogens (tertiary/aromatic N) is 2. The normalized spacial score (nSPS) is 10.4. The number of methoxy groups -OCH3 is 1. The van der Waals surface area contributed by atoms with Crippen molar-refractivity contribution < 1.29 is 13.9 Å². The second-order valence-corrected chi connectivity index (χ2v) is 6.00. The van der Waals surface area contributed by atoms with Crippen LogP contribution in [-0.2, 0) is 0 Å². The smallest absolute Gasteiger partial charge is 0.274 e. The Morgan fingerprint density at radius 1 is 1.15 bits per heavy atom. The zero-order valence-electron chi connectivity index (χ0n) is 14.6. The van der Waals surface area contributed by atoms with Gasteiger partial charge in [-0.05, 0) is 37.3 Å². The van der Waals surface area contributed by atoms with Crippen molar-refractivity contribution in [3.63, 3.8) is 0 Å². The number of benzene rings is 2. The third-order valence-electron chi connectivity index (χ3n) is 3.62. The maximum absolute atomic E-state index is 13.3. The summed E-state index contributed by atoms with van der Waals surface area (Å²) >= 11 is 5.74. The predicted octanol–water partition coefficient (Wildman–Crippen LogP) is 4.58. The Labute approximate surface area is 160 Å². The first-order chi connectivity index (χ1) is 13.0. The molecule has 0 bridgehead atoms. The fourth-order valence-corrected chi connectivity index (χ4v) is 2.58. The highest BCUT2D eigenvalue weighted by atomic mass is 35.5. The molecule has 3 aromatic rings. The van der Waals surface area contributed by atoms with E-state index in [1.54, 1.807) is 14.0 Å². The molecule has 0 fully saturated rings. The molecule has 1 amide bonds. The van der Waals surface area contributed by atoms with Gasteiger partial charge in [-0.1, -0.05) is 23.7 Å². The van der Waals surface area contributed by atoms with Crippen LogP contribution in [0.4, 0.5) is 21.6 Å². The molecule has 0 radical (unpaired) electrons. The van der Waals surface area contributed by atoms with Gasteiger partial charge in [-0.15, -0.1) is 0 Å². The number of anilines is 3. The van der Waals surface area contributed by atoms with Gasteiger partial charge in [0.05, 0.1) is 17.8 Å². The summed E-state index contributed by atoms with van der Waals surface area (Å²) < 4.78 is 18.5. The molecule has 0 aliphatic heterocycles. The van der Waals surface area contributed by atoms with Crippen LogP contribution in [0.15, 0.2) is 48.5 Å². The van der Waals surface area contributed by atoms with Crippen molar-refractivity contribution in [2.45, 2.75) is 6.92 Å². The summed E-state index contributed by atoms with van der Waals surface area (Å²) in [6, 6.07) is 12.8. The summed E-state index contributed by atoms with van der Waals surface area (Å²) in [6.45, 7) is 1.68. The molecule has 138 valence electrons. The Bertz CT molecular complexity index is 997. The number of carbonyl (C=O) groups is 1. The summed E-state index contributed by atoms with van der Waals surface area (Å²) in [5, 5.41) is 5.67. The van der Waals surface area contributed by atoms with E-state index in [0.717, 1.165) is 0 Å². The van der Waals surface area contributed by atoms with E-state index in [0.29, 0.717) is 28.8 Å². The first kappa shape index (κ1) is 18.6. The third-order valence-corrected chi connectivity index (χ3v) is 3.91. The van der Waals surface area contributed by atoms with E-state index in [9.17, 15) is 9.18 Å². The second kappa shape index (κ2) is 8.01.